The molecule has 3 heterocycles. The highest BCUT2D eigenvalue weighted by atomic mass is 16.1. The molecule has 0 radical (unpaired) electrons. The number of benzene rings is 1. The number of para-hydroxylation sites is 1. The summed E-state index contributed by atoms with van der Waals surface area (Å²) < 4.78 is 3.04. The number of carbonyl (C=O) groups is 1. The summed E-state index contributed by atoms with van der Waals surface area (Å²) in [5, 5.41) is 12.7. The van der Waals surface area contributed by atoms with Gasteiger partial charge in [0.2, 0.25) is 5.91 Å². The van der Waals surface area contributed by atoms with Gasteiger partial charge in [0.05, 0.1) is 18.7 Å². The van der Waals surface area contributed by atoms with E-state index in [1.54, 1.807) is 10.7 Å². The van der Waals surface area contributed by atoms with Crippen LogP contribution in [0.15, 0.2) is 53.5 Å². The molecule has 1 aromatic carbocycles. The highest BCUT2D eigenvalue weighted by Crippen LogP contribution is 2.17. The van der Waals surface area contributed by atoms with Crippen molar-refractivity contribution in [1.82, 2.24) is 29.9 Å². The second kappa shape index (κ2) is 7.75. The fourth-order valence-corrected chi connectivity index (χ4v) is 3.39. The van der Waals surface area contributed by atoms with Crippen LogP contribution in [-0.2, 0) is 17.8 Å². The summed E-state index contributed by atoms with van der Waals surface area (Å²) in [6.07, 6.45) is 2.13. The van der Waals surface area contributed by atoms with Crippen LogP contribution < -0.4 is 10.9 Å². The number of aromatic nitrogens is 5. The van der Waals surface area contributed by atoms with Gasteiger partial charge in [-0.3, -0.25) is 9.59 Å². The third-order valence-electron chi connectivity index (χ3n) is 4.75. The van der Waals surface area contributed by atoms with Gasteiger partial charge in [-0.25, -0.2) is 9.36 Å². The molecule has 0 saturated heterocycles. The number of nitrogens with one attached hydrogen (secondary N) is 2. The Bertz CT molecular complexity index is 1230. The van der Waals surface area contributed by atoms with Crippen LogP contribution >= 0.6 is 0 Å². The Morgan fingerprint density at radius 3 is 2.76 bits per heavy atom. The first kappa shape index (κ1) is 18.7. The molecule has 8 nitrogen and oxygen atoms in total. The molecule has 0 atom stereocenters. The second-order valence-corrected chi connectivity index (χ2v) is 6.98. The summed E-state index contributed by atoms with van der Waals surface area (Å²) in [4.78, 5) is 27.6. The molecular weight excluding hydrogens is 368 g/mol. The van der Waals surface area contributed by atoms with Crippen molar-refractivity contribution in [3.63, 3.8) is 0 Å². The van der Waals surface area contributed by atoms with E-state index in [1.807, 2.05) is 50.4 Å². The Kier molecular flexibility index (Phi) is 4.99. The predicted octanol–water partition coefficient (Wildman–Crippen LogP) is 1.89. The van der Waals surface area contributed by atoms with E-state index in [0.29, 0.717) is 12.4 Å². The van der Waals surface area contributed by atoms with E-state index in [0.717, 1.165) is 27.9 Å². The smallest absolute Gasteiger partial charge is 0.266 e. The summed E-state index contributed by atoms with van der Waals surface area (Å²) in [6, 6.07) is 12.9. The third kappa shape index (κ3) is 3.96. The van der Waals surface area contributed by atoms with Gasteiger partial charge in [0, 0.05) is 35.4 Å². The standard InChI is InChI=1S/C21H22N6O2/c1-14-11-15(2)27(24-14)19-7-8-21(29)26(25-19)10-9-22-20(28)12-16-13-23-18-6-4-3-5-17(16)18/h3-8,11,13,23H,9-10,12H2,1-2H3,(H,22,28). The fourth-order valence-electron chi connectivity index (χ4n) is 3.39. The molecule has 0 spiro atoms. The maximum Gasteiger partial charge on any atom is 0.266 e. The highest BCUT2D eigenvalue weighted by molar-refractivity contribution is 5.88. The van der Waals surface area contributed by atoms with E-state index in [1.165, 1.54) is 10.7 Å². The lowest BCUT2D eigenvalue weighted by Gasteiger charge is -2.09. The van der Waals surface area contributed by atoms with Crippen molar-refractivity contribution in [1.29, 1.82) is 0 Å². The summed E-state index contributed by atoms with van der Waals surface area (Å²) >= 11 is 0. The predicted molar refractivity (Wildman–Crippen MR) is 110 cm³/mol. The molecule has 0 fully saturated rings. The maximum atomic E-state index is 12.3. The summed E-state index contributed by atoms with van der Waals surface area (Å²) in [5.41, 5.74) is 3.55. The maximum absolute atomic E-state index is 12.3. The minimum absolute atomic E-state index is 0.0995. The van der Waals surface area contributed by atoms with E-state index in [4.69, 9.17) is 0 Å². The first-order valence-corrected chi connectivity index (χ1v) is 9.45. The van der Waals surface area contributed by atoms with Crippen LogP contribution in [0.3, 0.4) is 0 Å². The number of aromatic amines is 1. The zero-order chi connectivity index (χ0) is 20.4. The van der Waals surface area contributed by atoms with E-state index in [9.17, 15) is 9.59 Å². The Morgan fingerprint density at radius 1 is 1.14 bits per heavy atom. The molecule has 4 rings (SSSR count). The fraction of sp³-hybridized carbons (Fsp3) is 0.238. The van der Waals surface area contributed by atoms with Gasteiger partial charge in [-0.1, -0.05) is 18.2 Å². The lowest BCUT2D eigenvalue weighted by Crippen LogP contribution is -2.33. The first-order chi connectivity index (χ1) is 14.0. The molecule has 0 aliphatic rings. The van der Waals surface area contributed by atoms with Crippen molar-refractivity contribution in [2.75, 3.05) is 6.54 Å². The number of nitrogens with zero attached hydrogens (tertiary/aromatic N) is 4. The zero-order valence-corrected chi connectivity index (χ0v) is 16.3. The van der Waals surface area contributed by atoms with Crippen molar-refractivity contribution < 1.29 is 4.79 Å². The van der Waals surface area contributed by atoms with Gasteiger partial charge < -0.3 is 10.3 Å². The minimum atomic E-state index is -0.221. The van der Waals surface area contributed by atoms with Crippen molar-refractivity contribution in [3.05, 3.63) is 76.0 Å². The normalized spacial score (nSPS) is 11.1. The Morgan fingerprint density at radius 2 is 1.97 bits per heavy atom. The average molecular weight is 390 g/mol. The molecule has 148 valence electrons. The van der Waals surface area contributed by atoms with Crippen LogP contribution in [0, 0.1) is 13.8 Å². The van der Waals surface area contributed by atoms with E-state index in [-0.39, 0.29) is 24.4 Å². The molecule has 1 amide bonds. The van der Waals surface area contributed by atoms with Crippen molar-refractivity contribution in [2.45, 2.75) is 26.8 Å². The highest BCUT2D eigenvalue weighted by Gasteiger charge is 2.10. The average Bonchev–Trinajstić information content (AvgIpc) is 3.26. The Balaban J connectivity index is 1.40. The number of amides is 1. The van der Waals surface area contributed by atoms with Gasteiger partial charge in [0.1, 0.15) is 0 Å². The number of hydrogen-bond donors (Lipinski definition) is 2. The molecule has 4 aromatic rings. The van der Waals surface area contributed by atoms with Crippen LogP contribution in [0.25, 0.3) is 16.7 Å². The van der Waals surface area contributed by atoms with Crippen LogP contribution in [0.5, 0.6) is 0 Å². The molecule has 29 heavy (non-hydrogen) atoms. The van der Waals surface area contributed by atoms with Crippen LogP contribution in [-0.4, -0.2) is 37.0 Å². The number of aryl methyl sites for hydroxylation is 2. The van der Waals surface area contributed by atoms with Crippen LogP contribution in [0.4, 0.5) is 0 Å². The topological polar surface area (TPSA) is 97.6 Å². The molecule has 3 aromatic heterocycles. The van der Waals surface area contributed by atoms with E-state index >= 15 is 0 Å². The number of H-pyrrole nitrogens is 1. The molecule has 0 aliphatic carbocycles. The monoisotopic (exact) mass is 390 g/mol. The Labute approximate surface area is 167 Å². The summed E-state index contributed by atoms with van der Waals surface area (Å²) in [6.45, 7) is 4.44. The molecule has 8 heteroatoms. The molecule has 2 N–H and O–H groups in total. The van der Waals surface area contributed by atoms with Crippen molar-refractivity contribution in [3.8, 4) is 5.82 Å². The van der Waals surface area contributed by atoms with Gasteiger partial charge >= 0.3 is 0 Å². The van der Waals surface area contributed by atoms with Gasteiger partial charge in [-0.15, -0.1) is 5.10 Å². The zero-order valence-electron chi connectivity index (χ0n) is 16.3. The lowest BCUT2D eigenvalue weighted by atomic mass is 10.1. The van der Waals surface area contributed by atoms with Gasteiger partial charge in [0.25, 0.3) is 5.56 Å². The number of carbonyl (C=O) groups excluding carboxylic acids is 1. The third-order valence-corrected chi connectivity index (χ3v) is 4.75. The second-order valence-electron chi connectivity index (χ2n) is 6.98. The van der Waals surface area contributed by atoms with Crippen molar-refractivity contribution in [2.24, 2.45) is 0 Å². The lowest BCUT2D eigenvalue weighted by molar-refractivity contribution is -0.120. The van der Waals surface area contributed by atoms with Gasteiger partial charge in [0.15, 0.2) is 5.82 Å². The SMILES string of the molecule is Cc1cc(C)n(-c2ccc(=O)n(CCNC(=O)Cc3c[nH]c4ccccc34)n2)n1. The van der Waals surface area contributed by atoms with Gasteiger partial charge in [-0.05, 0) is 37.6 Å². The van der Waals surface area contributed by atoms with E-state index in [2.05, 4.69) is 20.5 Å². The van der Waals surface area contributed by atoms with Crippen LogP contribution in [0.2, 0.25) is 0 Å². The van der Waals surface area contributed by atoms with E-state index < -0.39 is 0 Å². The first-order valence-electron chi connectivity index (χ1n) is 9.45. The molecule has 0 saturated carbocycles. The van der Waals surface area contributed by atoms with Crippen LogP contribution in [0.1, 0.15) is 17.0 Å². The van der Waals surface area contributed by atoms with Crippen molar-refractivity contribution >= 4 is 16.8 Å². The largest absolute Gasteiger partial charge is 0.361 e. The molecule has 0 unspecified atom stereocenters. The number of fused-ring (bicyclic) bond motifs is 1. The Hall–Kier alpha value is -3.68. The molecular formula is C21H22N6O2. The number of hydrogen-bond acceptors (Lipinski definition) is 4. The molecule has 0 bridgehead atoms. The molecule has 0 aliphatic heterocycles. The minimum Gasteiger partial charge on any atom is -0.361 e. The van der Waals surface area contributed by atoms with Gasteiger partial charge in [-0.2, -0.15) is 5.10 Å². The summed E-state index contributed by atoms with van der Waals surface area (Å²) in [5.74, 6) is 0.470. The number of rotatable bonds is 6. The summed E-state index contributed by atoms with van der Waals surface area (Å²) in [7, 11) is 0. The quantitative estimate of drug-likeness (QED) is 0.525.